The highest BCUT2D eigenvalue weighted by Crippen LogP contribution is 2.37. The molecule has 0 saturated carbocycles. The number of thioether (sulfide) groups is 1. The van der Waals surface area contributed by atoms with Crippen LogP contribution in [0.15, 0.2) is 71.6 Å². The molecule has 3 rings (SSSR count). The van der Waals surface area contributed by atoms with Gasteiger partial charge in [-0.25, -0.2) is 13.6 Å². The third-order valence-electron chi connectivity index (χ3n) is 4.55. The van der Waals surface area contributed by atoms with Gasteiger partial charge in [-0.2, -0.15) is 13.2 Å². The molecule has 0 aromatic heterocycles. The molecule has 0 aliphatic rings. The van der Waals surface area contributed by atoms with Gasteiger partial charge in [-0.05, 0) is 61.0 Å². The minimum absolute atomic E-state index is 0.136. The number of carbonyl (C=O) groups is 2. The van der Waals surface area contributed by atoms with Crippen LogP contribution < -0.4 is 10.6 Å². The van der Waals surface area contributed by atoms with Crippen molar-refractivity contribution < 1.29 is 31.5 Å². The zero-order valence-electron chi connectivity index (χ0n) is 17.0. The molecule has 2 N–H and O–H groups in total. The Hall–Kier alpha value is -3.40. The largest absolute Gasteiger partial charge is 0.416 e. The fourth-order valence-electron chi connectivity index (χ4n) is 2.87. The summed E-state index contributed by atoms with van der Waals surface area (Å²) in [6, 6.07) is 13.3. The number of urea groups is 1. The highest BCUT2D eigenvalue weighted by Gasteiger charge is 2.30. The van der Waals surface area contributed by atoms with E-state index in [1.54, 1.807) is 24.3 Å². The summed E-state index contributed by atoms with van der Waals surface area (Å²) < 4.78 is 65.4. The summed E-state index contributed by atoms with van der Waals surface area (Å²) in [5.74, 6) is -3.41. The summed E-state index contributed by atoms with van der Waals surface area (Å²) in [4.78, 5) is 24.7. The number of amides is 3. The van der Waals surface area contributed by atoms with E-state index >= 15 is 0 Å². The lowest BCUT2D eigenvalue weighted by Gasteiger charge is -2.14. The predicted molar refractivity (Wildman–Crippen MR) is 115 cm³/mol. The molecule has 0 radical (unpaired) electrons. The number of anilines is 1. The standard InChI is InChI=1S/C23H17F5N2O2S/c1-13(14-5-7-15(8-6-14)23(26,27)28)33-17-11-9-16(10-12-17)29-22(32)30-21(31)20-18(24)3-2-4-19(20)25/h2-13H,1H3,(H2,29,30,31,32). The van der Waals surface area contributed by atoms with Gasteiger partial charge in [-0.3, -0.25) is 10.1 Å². The van der Waals surface area contributed by atoms with Crippen molar-refractivity contribution in [2.75, 3.05) is 5.32 Å². The van der Waals surface area contributed by atoms with E-state index in [2.05, 4.69) is 5.32 Å². The van der Waals surface area contributed by atoms with Gasteiger partial charge in [-0.15, -0.1) is 11.8 Å². The molecule has 10 heteroatoms. The summed E-state index contributed by atoms with van der Waals surface area (Å²) in [5, 5.41) is 4.10. The summed E-state index contributed by atoms with van der Waals surface area (Å²) in [7, 11) is 0. The molecule has 1 atom stereocenters. The van der Waals surface area contributed by atoms with Crippen molar-refractivity contribution in [3.8, 4) is 0 Å². The van der Waals surface area contributed by atoms with Crippen molar-refractivity contribution in [3.63, 3.8) is 0 Å². The number of benzene rings is 3. The molecule has 0 spiro atoms. The monoisotopic (exact) mass is 480 g/mol. The summed E-state index contributed by atoms with van der Waals surface area (Å²) in [5.41, 5.74) is -0.542. The van der Waals surface area contributed by atoms with Crippen LogP contribution in [0.2, 0.25) is 0 Å². The maximum atomic E-state index is 13.6. The van der Waals surface area contributed by atoms with Crippen LogP contribution in [0.3, 0.4) is 0 Å². The van der Waals surface area contributed by atoms with Crippen LogP contribution in [-0.4, -0.2) is 11.9 Å². The van der Waals surface area contributed by atoms with E-state index in [9.17, 15) is 31.5 Å². The Morgan fingerprint density at radius 2 is 1.45 bits per heavy atom. The van der Waals surface area contributed by atoms with E-state index in [0.29, 0.717) is 11.3 Å². The number of hydrogen-bond acceptors (Lipinski definition) is 3. The van der Waals surface area contributed by atoms with E-state index in [1.807, 2.05) is 12.2 Å². The van der Waals surface area contributed by atoms with Gasteiger partial charge in [-0.1, -0.05) is 18.2 Å². The van der Waals surface area contributed by atoms with Crippen molar-refractivity contribution in [2.24, 2.45) is 0 Å². The molecule has 4 nitrogen and oxygen atoms in total. The number of halogens is 5. The van der Waals surface area contributed by atoms with Crippen molar-refractivity contribution in [2.45, 2.75) is 23.2 Å². The normalized spacial score (nSPS) is 12.2. The average Bonchev–Trinajstić information content (AvgIpc) is 2.74. The first-order valence-electron chi connectivity index (χ1n) is 9.55. The van der Waals surface area contributed by atoms with Crippen LogP contribution in [-0.2, 0) is 6.18 Å². The van der Waals surface area contributed by atoms with Crippen LogP contribution in [0.25, 0.3) is 0 Å². The van der Waals surface area contributed by atoms with Gasteiger partial charge in [0.2, 0.25) is 0 Å². The highest BCUT2D eigenvalue weighted by atomic mass is 32.2. The van der Waals surface area contributed by atoms with Crippen LogP contribution in [0, 0.1) is 11.6 Å². The maximum Gasteiger partial charge on any atom is 0.416 e. The maximum absolute atomic E-state index is 13.6. The summed E-state index contributed by atoms with van der Waals surface area (Å²) in [6.45, 7) is 1.85. The molecular formula is C23H17F5N2O2S. The lowest BCUT2D eigenvalue weighted by molar-refractivity contribution is -0.137. The van der Waals surface area contributed by atoms with Gasteiger partial charge >= 0.3 is 12.2 Å². The number of nitrogens with one attached hydrogen (secondary N) is 2. The first-order valence-corrected chi connectivity index (χ1v) is 10.4. The molecule has 3 aromatic carbocycles. The number of rotatable bonds is 5. The number of carbonyl (C=O) groups excluding carboxylic acids is 2. The Bertz CT molecular complexity index is 1130. The molecule has 0 aliphatic carbocycles. The van der Waals surface area contributed by atoms with Crippen molar-refractivity contribution in [1.82, 2.24) is 5.32 Å². The van der Waals surface area contributed by atoms with E-state index < -0.39 is 40.9 Å². The number of imide groups is 1. The molecule has 0 saturated heterocycles. The van der Waals surface area contributed by atoms with Gasteiger partial charge in [0.25, 0.3) is 5.91 Å². The van der Waals surface area contributed by atoms with Gasteiger partial charge < -0.3 is 5.32 Å². The average molecular weight is 480 g/mol. The molecule has 3 aromatic rings. The van der Waals surface area contributed by atoms with Crippen molar-refractivity contribution in [1.29, 1.82) is 0 Å². The smallest absolute Gasteiger partial charge is 0.308 e. The zero-order valence-corrected chi connectivity index (χ0v) is 17.9. The van der Waals surface area contributed by atoms with E-state index in [1.165, 1.54) is 23.9 Å². The fourth-order valence-corrected chi connectivity index (χ4v) is 3.87. The Balaban J connectivity index is 1.57. The molecule has 0 aliphatic heterocycles. The Morgan fingerprint density at radius 3 is 2.00 bits per heavy atom. The SMILES string of the molecule is CC(Sc1ccc(NC(=O)NC(=O)c2c(F)cccc2F)cc1)c1ccc(C(F)(F)F)cc1. The van der Waals surface area contributed by atoms with Crippen LogP contribution in [0.5, 0.6) is 0 Å². The van der Waals surface area contributed by atoms with Crippen molar-refractivity contribution >= 4 is 29.4 Å². The molecule has 172 valence electrons. The van der Waals surface area contributed by atoms with Crippen LogP contribution >= 0.6 is 11.8 Å². The fraction of sp³-hybridized carbons (Fsp3) is 0.130. The second kappa shape index (κ2) is 10.0. The molecule has 0 bridgehead atoms. The molecule has 1 unspecified atom stereocenters. The van der Waals surface area contributed by atoms with Gasteiger partial charge in [0.1, 0.15) is 17.2 Å². The second-order valence-corrected chi connectivity index (χ2v) is 8.32. The topological polar surface area (TPSA) is 58.2 Å². The van der Waals surface area contributed by atoms with Crippen LogP contribution in [0.4, 0.5) is 32.4 Å². The number of alkyl halides is 3. The Labute approximate surface area is 190 Å². The first-order chi connectivity index (χ1) is 15.5. The summed E-state index contributed by atoms with van der Waals surface area (Å²) in [6.07, 6.45) is -4.39. The van der Waals surface area contributed by atoms with Gasteiger partial charge in [0.05, 0.1) is 5.56 Å². The molecule has 0 heterocycles. The van der Waals surface area contributed by atoms with Gasteiger partial charge in [0.15, 0.2) is 0 Å². The molecule has 0 fully saturated rings. The zero-order chi connectivity index (χ0) is 24.2. The minimum Gasteiger partial charge on any atom is -0.308 e. The molecule has 33 heavy (non-hydrogen) atoms. The predicted octanol–water partition coefficient (Wildman–Crippen LogP) is 6.80. The van der Waals surface area contributed by atoms with E-state index in [-0.39, 0.29) is 5.25 Å². The minimum atomic E-state index is -4.39. The Kier molecular flexibility index (Phi) is 7.37. The third-order valence-corrected chi connectivity index (χ3v) is 5.72. The van der Waals surface area contributed by atoms with Crippen molar-refractivity contribution in [3.05, 3.63) is 95.1 Å². The Morgan fingerprint density at radius 1 is 0.879 bits per heavy atom. The highest BCUT2D eigenvalue weighted by molar-refractivity contribution is 7.99. The second-order valence-electron chi connectivity index (χ2n) is 6.91. The molecule has 3 amide bonds. The van der Waals surface area contributed by atoms with Crippen LogP contribution in [0.1, 0.15) is 33.7 Å². The third kappa shape index (κ3) is 6.32. The first kappa shape index (κ1) is 24.2. The lowest BCUT2D eigenvalue weighted by atomic mass is 10.1. The van der Waals surface area contributed by atoms with E-state index in [0.717, 1.165) is 35.2 Å². The van der Waals surface area contributed by atoms with Gasteiger partial charge in [0, 0.05) is 15.8 Å². The van der Waals surface area contributed by atoms with E-state index in [4.69, 9.17) is 0 Å². The summed E-state index contributed by atoms with van der Waals surface area (Å²) >= 11 is 1.40. The lowest BCUT2D eigenvalue weighted by Crippen LogP contribution is -2.35. The molecular weight excluding hydrogens is 463 g/mol. The quantitative estimate of drug-likeness (QED) is 0.312. The number of hydrogen-bond donors (Lipinski definition) is 2.